The van der Waals surface area contributed by atoms with Gasteiger partial charge in [0.05, 0.1) is 35.4 Å². The Bertz CT molecular complexity index is 1240. The Morgan fingerprint density at radius 3 is 2.69 bits per heavy atom. The van der Waals surface area contributed by atoms with E-state index in [1.54, 1.807) is 63.1 Å². The molecule has 0 spiro atoms. The molecule has 0 saturated heterocycles. The molecule has 0 unspecified atom stereocenters. The van der Waals surface area contributed by atoms with Gasteiger partial charge in [-0.1, -0.05) is 0 Å². The number of benzene rings is 1. The summed E-state index contributed by atoms with van der Waals surface area (Å²) in [5, 5.41) is 4.51. The largest absolute Gasteiger partial charge is 0.496 e. The topological polar surface area (TPSA) is 123 Å². The minimum absolute atomic E-state index is 0.266. The van der Waals surface area contributed by atoms with Gasteiger partial charge in [0, 0.05) is 35.1 Å². The minimum Gasteiger partial charge on any atom is -0.496 e. The van der Waals surface area contributed by atoms with Gasteiger partial charge in [-0.05, 0) is 38.8 Å². The monoisotopic (exact) mass is 473 g/mol. The Morgan fingerprint density at radius 2 is 2.03 bits per heavy atom. The zero-order valence-electron chi connectivity index (χ0n) is 17.8. The van der Waals surface area contributed by atoms with Gasteiger partial charge in [-0.25, -0.2) is 13.4 Å². The molecule has 1 aromatic carbocycles. The molecule has 9 nitrogen and oxygen atoms in total. The van der Waals surface area contributed by atoms with E-state index in [-0.39, 0.29) is 16.3 Å². The maximum absolute atomic E-state index is 13.1. The average molecular weight is 474 g/mol. The second kappa shape index (κ2) is 8.47. The number of carbonyl (C=O) groups is 1. The molecule has 1 aliphatic rings. The molecule has 0 atom stereocenters. The molecule has 3 aromatic rings. The van der Waals surface area contributed by atoms with Gasteiger partial charge in [0.1, 0.15) is 5.75 Å². The van der Waals surface area contributed by atoms with Crippen LogP contribution in [0.15, 0.2) is 42.2 Å². The number of thiazole rings is 1. The van der Waals surface area contributed by atoms with Crippen molar-refractivity contribution in [3.05, 3.63) is 47.9 Å². The SMILES string of the molecule is COc1cc(NC(=O)C(C)(C)c2csc(NS(=O)(=O)C3CC3)n2)ccc1-c1cnccn1. The van der Waals surface area contributed by atoms with Crippen molar-refractivity contribution in [1.82, 2.24) is 15.0 Å². The number of ether oxygens (including phenoxy) is 1. The second-order valence-corrected chi connectivity index (χ2v) is 10.8. The van der Waals surface area contributed by atoms with Crippen molar-refractivity contribution in [1.29, 1.82) is 0 Å². The van der Waals surface area contributed by atoms with Crippen molar-refractivity contribution < 1.29 is 17.9 Å². The number of hydrogen-bond donors (Lipinski definition) is 2. The number of amides is 1. The zero-order valence-corrected chi connectivity index (χ0v) is 19.5. The molecule has 1 amide bonds. The maximum Gasteiger partial charge on any atom is 0.237 e. The lowest BCUT2D eigenvalue weighted by Crippen LogP contribution is -2.35. The van der Waals surface area contributed by atoms with Gasteiger partial charge < -0.3 is 10.1 Å². The van der Waals surface area contributed by atoms with Gasteiger partial charge in [-0.15, -0.1) is 11.3 Å². The summed E-state index contributed by atoms with van der Waals surface area (Å²) in [5.41, 5.74) is 1.46. The second-order valence-electron chi connectivity index (χ2n) is 7.97. The lowest BCUT2D eigenvalue weighted by atomic mass is 9.89. The molecule has 1 aliphatic carbocycles. The molecule has 2 heterocycles. The normalized spacial score (nSPS) is 14.1. The standard InChI is InChI=1S/C21H23N5O4S2/c1-21(2,18-12-31-20(25-18)26-32(28,29)14-5-6-14)19(27)24-13-4-7-15(17(10-13)30-3)16-11-22-8-9-23-16/h4,7-12,14H,5-6H2,1-3H3,(H,24,27)(H,25,26). The molecule has 0 bridgehead atoms. The molecule has 4 rings (SSSR count). The quantitative estimate of drug-likeness (QED) is 0.514. The van der Waals surface area contributed by atoms with Crippen molar-refractivity contribution >= 4 is 38.1 Å². The van der Waals surface area contributed by atoms with Gasteiger partial charge in [0.25, 0.3) is 0 Å². The van der Waals surface area contributed by atoms with E-state index >= 15 is 0 Å². The lowest BCUT2D eigenvalue weighted by Gasteiger charge is -2.22. The van der Waals surface area contributed by atoms with E-state index in [4.69, 9.17) is 4.74 Å². The van der Waals surface area contributed by atoms with E-state index in [2.05, 4.69) is 25.0 Å². The van der Waals surface area contributed by atoms with Crippen LogP contribution in [0.5, 0.6) is 5.75 Å². The molecule has 2 aromatic heterocycles. The summed E-state index contributed by atoms with van der Waals surface area (Å²) in [5.74, 6) is 0.264. The van der Waals surface area contributed by atoms with Crippen LogP contribution in [0.1, 0.15) is 32.4 Å². The fourth-order valence-electron chi connectivity index (χ4n) is 3.01. The van der Waals surface area contributed by atoms with Crippen molar-refractivity contribution in [3.63, 3.8) is 0 Å². The third kappa shape index (κ3) is 4.58. The number of nitrogens with zero attached hydrogens (tertiary/aromatic N) is 3. The lowest BCUT2D eigenvalue weighted by molar-refractivity contribution is -0.120. The summed E-state index contributed by atoms with van der Waals surface area (Å²) in [6.45, 7) is 3.48. The molecule has 11 heteroatoms. The van der Waals surface area contributed by atoms with E-state index in [0.717, 1.165) is 16.9 Å². The van der Waals surface area contributed by atoms with E-state index < -0.39 is 15.4 Å². The third-order valence-electron chi connectivity index (χ3n) is 5.20. The molecule has 168 valence electrons. The Kier molecular flexibility index (Phi) is 5.87. The first-order valence-corrected chi connectivity index (χ1v) is 12.4. The van der Waals surface area contributed by atoms with Gasteiger partial charge >= 0.3 is 0 Å². The number of methoxy groups -OCH3 is 1. The van der Waals surface area contributed by atoms with Crippen LogP contribution in [0, 0.1) is 0 Å². The van der Waals surface area contributed by atoms with E-state index in [1.165, 1.54) is 0 Å². The Hall–Kier alpha value is -3.05. The van der Waals surface area contributed by atoms with Crippen LogP contribution in [0.2, 0.25) is 0 Å². The summed E-state index contributed by atoms with van der Waals surface area (Å²) >= 11 is 1.16. The van der Waals surface area contributed by atoms with Gasteiger partial charge in [-0.2, -0.15) is 0 Å². The smallest absolute Gasteiger partial charge is 0.237 e. The van der Waals surface area contributed by atoms with E-state index in [1.807, 2.05) is 0 Å². The molecule has 32 heavy (non-hydrogen) atoms. The van der Waals surface area contributed by atoms with Crippen LogP contribution in [-0.2, 0) is 20.2 Å². The maximum atomic E-state index is 13.1. The number of anilines is 2. The summed E-state index contributed by atoms with van der Waals surface area (Å²) in [6.07, 6.45) is 6.16. The Balaban J connectivity index is 1.50. The van der Waals surface area contributed by atoms with Gasteiger partial charge in [0.15, 0.2) is 5.13 Å². The predicted molar refractivity (Wildman–Crippen MR) is 123 cm³/mol. The first-order chi connectivity index (χ1) is 15.2. The highest BCUT2D eigenvalue weighted by Gasteiger charge is 2.37. The first kappa shape index (κ1) is 22.2. The molecule has 1 saturated carbocycles. The molecule has 0 radical (unpaired) electrons. The molecule has 0 aliphatic heterocycles. The first-order valence-electron chi connectivity index (χ1n) is 9.94. The van der Waals surface area contributed by atoms with Crippen LogP contribution in [0.3, 0.4) is 0 Å². The third-order valence-corrected chi connectivity index (χ3v) is 7.92. The highest BCUT2D eigenvalue weighted by molar-refractivity contribution is 7.93. The predicted octanol–water partition coefficient (Wildman–Crippen LogP) is 3.43. The molecule has 2 N–H and O–H groups in total. The van der Waals surface area contributed by atoms with Crippen LogP contribution in [0.25, 0.3) is 11.3 Å². The van der Waals surface area contributed by atoms with Crippen LogP contribution < -0.4 is 14.8 Å². The number of aromatic nitrogens is 3. The number of rotatable bonds is 8. The van der Waals surface area contributed by atoms with Gasteiger partial charge in [-0.3, -0.25) is 19.5 Å². The van der Waals surface area contributed by atoms with Crippen LogP contribution in [0.4, 0.5) is 10.8 Å². The van der Waals surface area contributed by atoms with Crippen molar-refractivity contribution in [2.24, 2.45) is 0 Å². The molecule has 1 fully saturated rings. The van der Waals surface area contributed by atoms with Crippen LogP contribution in [-0.4, -0.2) is 41.6 Å². The summed E-state index contributed by atoms with van der Waals surface area (Å²) < 4.78 is 32.3. The molecular formula is C21H23N5O4S2. The number of sulfonamides is 1. The number of nitrogens with one attached hydrogen (secondary N) is 2. The summed E-state index contributed by atoms with van der Waals surface area (Å²) in [7, 11) is -1.86. The average Bonchev–Trinajstić information content (AvgIpc) is 3.54. The summed E-state index contributed by atoms with van der Waals surface area (Å²) in [6, 6.07) is 5.28. The summed E-state index contributed by atoms with van der Waals surface area (Å²) in [4.78, 5) is 25.8. The Labute approximate surface area is 190 Å². The Morgan fingerprint density at radius 1 is 1.25 bits per heavy atom. The van der Waals surface area contributed by atoms with Gasteiger partial charge in [0.2, 0.25) is 15.9 Å². The number of hydrogen-bond acceptors (Lipinski definition) is 8. The van der Waals surface area contributed by atoms with E-state index in [0.29, 0.717) is 35.7 Å². The van der Waals surface area contributed by atoms with Crippen LogP contribution >= 0.6 is 11.3 Å². The van der Waals surface area contributed by atoms with E-state index in [9.17, 15) is 13.2 Å². The fraction of sp³-hybridized carbons (Fsp3) is 0.333. The fourth-order valence-corrected chi connectivity index (χ4v) is 5.49. The zero-order chi connectivity index (χ0) is 22.9. The van der Waals surface area contributed by atoms with Crippen molar-refractivity contribution in [2.45, 2.75) is 37.4 Å². The highest BCUT2D eigenvalue weighted by atomic mass is 32.2. The van der Waals surface area contributed by atoms with Crippen molar-refractivity contribution in [3.8, 4) is 17.0 Å². The van der Waals surface area contributed by atoms with Crippen molar-refractivity contribution in [2.75, 3.05) is 17.1 Å². The number of carbonyl (C=O) groups excluding carboxylic acids is 1. The minimum atomic E-state index is -3.40. The highest BCUT2D eigenvalue weighted by Crippen LogP contribution is 2.34. The molecular weight excluding hydrogens is 450 g/mol.